The first kappa shape index (κ1) is 26.0. The molecule has 0 saturated heterocycles. The lowest BCUT2D eigenvalue weighted by Crippen LogP contribution is -2.38. The van der Waals surface area contributed by atoms with Gasteiger partial charge in [-0.3, -0.25) is 9.99 Å². The molecule has 2 heterocycles. The maximum absolute atomic E-state index is 14.1. The summed E-state index contributed by atoms with van der Waals surface area (Å²) >= 11 is 6.68. The summed E-state index contributed by atoms with van der Waals surface area (Å²) in [4.78, 5) is 4.42. The van der Waals surface area contributed by atoms with E-state index in [4.69, 9.17) is 11.6 Å². The molecule has 0 radical (unpaired) electrons. The van der Waals surface area contributed by atoms with E-state index in [2.05, 4.69) is 53.4 Å². The van der Waals surface area contributed by atoms with E-state index >= 15 is 0 Å². The summed E-state index contributed by atoms with van der Waals surface area (Å²) in [6, 6.07) is 12.1. The maximum atomic E-state index is 14.1. The average Bonchev–Trinajstić information content (AvgIpc) is 3.62. The highest BCUT2D eigenvalue weighted by atomic mass is 35.5. The van der Waals surface area contributed by atoms with Crippen molar-refractivity contribution in [3.05, 3.63) is 76.2 Å². The van der Waals surface area contributed by atoms with Gasteiger partial charge in [0.05, 0.1) is 33.5 Å². The number of alkyl halides is 2. The molecule has 4 N–H and O–H groups in total. The molecule has 1 aliphatic heterocycles. The summed E-state index contributed by atoms with van der Waals surface area (Å²) in [6.45, 7) is 6.92. The predicted octanol–water partition coefficient (Wildman–Crippen LogP) is 6.64. The van der Waals surface area contributed by atoms with Crippen LogP contribution in [0.5, 0.6) is 0 Å². The molecule has 3 aromatic rings. The molecule has 1 saturated carbocycles. The van der Waals surface area contributed by atoms with Crippen molar-refractivity contribution in [2.24, 2.45) is 5.41 Å². The van der Waals surface area contributed by atoms with Crippen LogP contribution < -0.4 is 21.6 Å². The first-order valence-corrected chi connectivity index (χ1v) is 12.9. The van der Waals surface area contributed by atoms with Gasteiger partial charge in [0.2, 0.25) is 0 Å². The minimum Gasteiger partial charge on any atom is -0.383 e. The summed E-state index contributed by atoms with van der Waals surface area (Å²) in [5.41, 5.74) is 9.57. The number of pyridine rings is 1. The fourth-order valence-electron chi connectivity index (χ4n) is 4.47. The van der Waals surface area contributed by atoms with Crippen LogP contribution in [0.3, 0.4) is 0 Å². The van der Waals surface area contributed by atoms with Crippen LogP contribution in [0.2, 0.25) is 5.02 Å². The lowest BCUT2D eigenvalue weighted by atomic mass is 9.96. The molecule has 0 spiro atoms. The summed E-state index contributed by atoms with van der Waals surface area (Å²) in [5.74, 6) is 0. The van der Waals surface area contributed by atoms with Crippen LogP contribution in [0.25, 0.3) is 10.9 Å². The number of nitriles is 1. The van der Waals surface area contributed by atoms with Gasteiger partial charge in [0.15, 0.2) is 0 Å². The molecule has 1 fully saturated rings. The zero-order valence-electron chi connectivity index (χ0n) is 21.4. The van der Waals surface area contributed by atoms with Crippen LogP contribution in [0.15, 0.2) is 54.5 Å². The van der Waals surface area contributed by atoms with Gasteiger partial charge in [-0.05, 0) is 36.0 Å². The largest absolute Gasteiger partial charge is 0.383 e. The van der Waals surface area contributed by atoms with Gasteiger partial charge in [0, 0.05) is 41.6 Å². The second-order valence-corrected chi connectivity index (χ2v) is 11.3. The SMILES string of the molecule is CC(C)(C)CNc1c(C#N)cnc2c(Cl)cc(NC(C3=CN(C4CC4)NN3)c3ccccc3C(F)F)cc12. The number of rotatable bonds is 8. The fraction of sp³-hybridized carbons (Fsp3) is 0.357. The van der Waals surface area contributed by atoms with Gasteiger partial charge < -0.3 is 16.1 Å². The number of nitrogens with zero attached hydrogens (tertiary/aromatic N) is 3. The van der Waals surface area contributed by atoms with E-state index in [-0.39, 0.29) is 11.0 Å². The smallest absolute Gasteiger partial charge is 0.264 e. The van der Waals surface area contributed by atoms with E-state index in [0.29, 0.717) is 56.7 Å². The molecule has 10 heteroatoms. The Morgan fingerprint density at radius 1 is 1.21 bits per heavy atom. The van der Waals surface area contributed by atoms with E-state index in [1.54, 1.807) is 24.3 Å². The summed E-state index contributed by atoms with van der Waals surface area (Å²) in [5, 5.41) is 19.6. The van der Waals surface area contributed by atoms with Crippen molar-refractivity contribution in [3.8, 4) is 6.07 Å². The van der Waals surface area contributed by atoms with Crippen LogP contribution in [-0.2, 0) is 0 Å². The lowest BCUT2D eigenvalue weighted by Gasteiger charge is -2.25. The van der Waals surface area contributed by atoms with E-state index in [1.807, 2.05) is 17.3 Å². The second kappa shape index (κ2) is 10.3. The number of anilines is 2. The Kier molecular flexibility index (Phi) is 7.03. The second-order valence-electron chi connectivity index (χ2n) is 10.9. The lowest BCUT2D eigenvalue weighted by molar-refractivity contribution is 0.150. The first-order chi connectivity index (χ1) is 18.1. The molecule has 0 bridgehead atoms. The van der Waals surface area contributed by atoms with Gasteiger partial charge in [0.1, 0.15) is 6.07 Å². The summed E-state index contributed by atoms with van der Waals surface area (Å²) < 4.78 is 28.1. The minimum atomic E-state index is -2.64. The van der Waals surface area contributed by atoms with Crippen LogP contribution in [0.4, 0.5) is 20.2 Å². The molecule has 2 aromatic carbocycles. The summed E-state index contributed by atoms with van der Waals surface area (Å²) in [7, 11) is 0. The number of fused-ring (bicyclic) bond motifs is 1. The van der Waals surface area contributed by atoms with Gasteiger partial charge in [0.25, 0.3) is 6.43 Å². The normalized spacial score (nSPS) is 16.3. The highest BCUT2D eigenvalue weighted by Gasteiger charge is 2.33. The standard InChI is InChI=1S/C28H30ClF2N7/c1-28(2,3)15-34-24-16(12-32)13-33-25-21(24)10-17(11-22(25)29)35-26(19-6-4-5-7-20(19)27(30)31)23-14-38(37-36-23)18-8-9-18/h4-7,10-11,13-14,18,26-27,35-37H,8-9,15H2,1-3H3,(H,33,34). The predicted molar refractivity (Wildman–Crippen MR) is 146 cm³/mol. The van der Waals surface area contributed by atoms with Crippen molar-refractivity contribution in [2.45, 2.75) is 52.1 Å². The number of halogens is 3. The zero-order chi connectivity index (χ0) is 27.0. The van der Waals surface area contributed by atoms with E-state index in [0.717, 1.165) is 12.8 Å². The monoisotopic (exact) mass is 537 g/mol. The van der Waals surface area contributed by atoms with Gasteiger partial charge >= 0.3 is 0 Å². The van der Waals surface area contributed by atoms with Crippen molar-refractivity contribution in [3.63, 3.8) is 0 Å². The van der Waals surface area contributed by atoms with Gasteiger partial charge in [-0.1, -0.05) is 56.6 Å². The van der Waals surface area contributed by atoms with Crippen molar-refractivity contribution < 1.29 is 8.78 Å². The fourth-order valence-corrected chi connectivity index (χ4v) is 4.74. The topological polar surface area (TPSA) is 88.0 Å². The molecule has 7 nitrogen and oxygen atoms in total. The molecule has 0 amide bonds. The van der Waals surface area contributed by atoms with Crippen LogP contribution in [-0.4, -0.2) is 22.6 Å². The van der Waals surface area contributed by atoms with Gasteiger partial charge in [-0.25, -0.2) is 8.78 Å². The van der Waals surface area contributed by atoms with E-state index in [9.17, 15) is 14.0 Å². The highest BCUT2D eigenvalue weighted by molar-refractivity contribution is 6.35. The number of hydrazine groups is 2. The Morgan fingerprint density at radius 2 is 1.95 bits per heavy atom. The molecule has 2 aliphatic rings. The van der Waals surface area contributed by atoms with Crippen molar-refractivity contribution in [2.75, 3.05) is 17.2 Å². The van der Waals surface area contributed by atoms with E-state index in [1.165, 1.54) is 12.3 Å². The first-order valence-electron chi connectivity index (χ1n) is 12.6. The summed E-state index contributed by atoms with van der Waals surface area (Å²) in [6.07, 6.45) is 2.94. The number of hydrogen-bond acceptors (Lipinski definition) is 7. The molecule has 1 aliphatic carbocycles. The molecule has 1 atom stereocenters. The average molecular weight is 538 g/mol. The van der Waals surface area contributed by atoms with Crippen LogP contribution in [0, 0.1) is 16.7 Å². The number of aromatic nitrogens is 1. The van der Waals surface area contributed by atoms with E-state index < -0.39 is 12.5 Å². The third-order valence-electron chi connectivity index (χ3n) is 6.55. The molecule has 5 rings (SSSR count). The van der Waals surface area contributed by atoms with Gasteiger partial charge in [-0.2, -0.15) is 5.26 Å². The molecule has 1 aromatic heterocycles. The highest BCUT2D eigenvalue weighted by Crippen LogP contribution is 2.38. The van der Waals surface area contributed by atoms with Crippen molar-refractivity contribution in [1.82, 2.24) is 21.0 Å². The number of benzene rings is 2. The van der Waals surface area contributed by atoms with Crippen LogP contribution in [0.1, 0.15) is 62.8 Å². The van der Waals surface area contributed by atoms with Crippen molar-refractivity contribution >= 4 is 33.9 Å². The quantitative estimate of drug-likeness (QED) is 0.256. The van der Waals surface area contributed by atoms with Gasteiger partial charge in [-0.15, -0.1) is 5.53 Å². The Hall–Kier alpha value is -3.61. The molecular formula is C28H30ClF2N7. The minimum absolute atomic E-state index is 0.0346. The van der Waals surface area contributed by atoms with Crippen LogP contribution >= 0.6 is 11.6 Å². The number of hydrogen-bond donors (Lipinski definition) is 4. The molecule has 198 valence electrons. The zero-order valence-corrected chi connectivity index (χ0v) is 22.2. The molecule has 1 unspecified atom stereocenters. The Balaban J connectivity index is 1.59. The molecule has 38 heavy (non-hydrogen) atoms. The molecular weight excluding hydrogens is 508 g/mol. The maximum Gasteiger partial charge on any atom is 0.264 e. The Bertz CT molecular complexity index is 1420. The third kappa shape index (κ3) is 5.47. The van der Waals surface area contributed by atoms with Crippen molar-refractivity contribution in [1.29, 1.82) is 5.26 Å². The Labute approximate surface area is 225 Å². The Morgan fingerprint density at radius 3 is 2.61 bits per heavy atom. The number of nitrogens with one attached hydrogen (secondary N) is 4. The third-order valence-corrected chi connectivity index (χ3v) is 6.84.